The van der Waals surface area contributed by atoms with Crippen LogP contribution in [0.15, 0.2) is 48.8 Å². The van der Waals surface area contributed by atoms with E-state index in [2.05, 4.69) is 46.5 Å². The number of hydrogen-bond donors (Lipinski definition) is 1. The number of aromatic nitrogens is 2. The lowest BCUT2D eigenvalue weighted by Crippen LogP contribution is -2.30. The fourth-order valence-electron chi connectivity index (χ4n) is 2.77. The first-order chi connectivity index (χ1) is 12.0. The van der Waals surface area contributed by atoms with Crippen LogP contribution in [-0.2, 0) is 11.2 Å². The van der Waals surface area contributed by atoms with Gasteiger partial charge in [-0.15, -0.1) is 11.3 Å². The van der Waals surface area contributed by atoms with Crippen LogP contribution in [0.4, 0.5) is 0 Å². The van der Waals surface area contributed by atoms with Gasteiger partial charge in [0.15, 0.2) is 0 Å². The minimum Gasteiger partial charge on any atom is -0.345 e. The Balaban J connectivity index is 1.83. The Morgan fingerprint density at radius 1 is 1.04 bits per heavy atom. The van der Waals surface area contributed by atoms with E-state index in [-0.39, 0.29) is 11.9 Å². The molecule has 3 rings (SSSR count). The van der Waals surface area contributed by atoms with Gasteiger partial charge in [-0.05, 0) is 44.0 Å². The van der Waals surface area contributed by atoms with Crippen molar-refractivity contribution in [3.8, 4) is 0 Å². The van der Waals surface area contributed by atoms with Gasteiger partial charge < -0.3 is 5.32 Å². The van der Waals surface area contributed by atoms with E-state index < -0.39 is 0 Å². The molecule has 0 aliphatic carbocycles. The molecule has 1 atom stereocenters. The summed E-state index contributed by atoms with van der Waals surface area (Å²) in [5.41, 5.74) is 4.12. The second kappa shape index (κ2) is 7.57. The third kappa shape index (κ3) is 4.31. The molecule has 128 valence electrons. The smallest absolute Gasteiger partial charge is 0.226 e. The Kier molecular flexibility index (Phi) is 5.24. The summed E-state index contributed by atoms with van der Waals surface area (Å²) in [6.45, 7) is 6.02. The summed E-state index contributed by atoms with van der Waals surface area (Å²) in [6, 6.07) is 11.9. The molecule has 0 saturated carbocycles. The van der Waals surface area contributed by atoms with Gasteiger partial charge in [0.05, 0.1) is 23.2 Å². The molecule has 0 unspecified atom stereocenters. The summed E-state index contributed by atoms with van der Waals surface area (Å²) < 4.78 is 0. The number of pyridine rings is 1. The van der Waals surface area contributed by atoms with E-state index >= 15 is 0 Å². The van der Waals surface area contributed by atoms with Crippen LogP contribution in [0.1, 0.15) is 38.3 Å². The summed E-state index contributed by atoms with van der Waals surface area (Å²) >= 11 is 1.63. The van der Waals surface area contributed by atoms with Crippen molar-refractivity contribution in [1.29, 1.82) is 0 Å². The quantitative estimate of drug-likeness (QED) is 0.758. The Labute approximate surface area is 152 Å². The van der Waals surface area contributed by atoms with E-state index in [1.54, 1.807) is 23.7 Å². The molecule has 1 aromatic carbocycles. The molecule has 0 spiro atoms. The Morgan fingerprint density at radius 2 is 1.68 bits per heavy atom. The van der Waals surface area contributed by atoms with Gasteiger partial charge in [-0.25, -0.2) is 4.98 Å². The van der Waals surface area contributed by atoms with Crippen LogP contribution in [0.5, 0.6) is 0 Å². The van der Waals surface area contributed by atoms with Crippen molar-refractivity contribution in [2.45, 2.75) is 33.2 Å². The van der Waals surface area contributed by atoms with Gasteiger partial charge in [0.1, 0.15) is 0 Å². The molecule has 5 heteroatoms. The minimum atomic E-state index is -0.198. The second-order valence-corrected chi connectivity index (χ2v) is 7.51. The predicted octanol–water partition coefficient (Wildman–Crippen LogP) is 3.91. The highest BCUT2D eigenvalue weighted by Crippen LogP contribution is 2.23. The third-order valence-corrected chi connectivity index (χ3v) is 5.01. The maximum Gasteiger partial charge on any atom is 0.226 e. The average molecular weight is 351 g/mol. The monoisotopic (exact) mass is 351 g/mol. The van der Waals surface area contributed by atoms with Crippen molar-refractivity contribution in [2.75, 3.05) is 0 Å². The van der Waals surface area contributed by atoms with Crippen molar-refractivity contribution in [3.63, 3.8) is 0 Å². The standard InChI is InChI=1S/C20H21N3OS/c1-13-4-6-16(7-5-13)20(17-8-10-21-11-9-17)23-19(24)12-18-14(2)25-15(3)22-18/h4-11,20H,12H2,1-3H3,(H,23,24)/t20-/m1/s1. The van der Waals surface area contributed by atoms with Crippen LogP contribution in [-0.4, -0.2) is 15.9 Å². The Bertz CT molecular complexity index is 856. The molecule has 0 saturated heterocycles. The van der Waals surface area contributed by atoms with Gasteiger partial charge in [0.25, 0.3) is 0 Å². The molecule has 4 nitrogen and oxygen atoms in total. The molecule has 2 aromatic heterocycles. The lowest BCUT2D eigenvalue weighted by Gasteiger charge is -2.20. The molecule has 1 N–H and O–H groups in total. The zero-order valence-electron chi connectivity index (χ0n) is 14.6. The maximum absolute atomic E-state index is 12.6. The maximum atomic E-state index is 12.6. The van der Waals surface area contributed by atoms with Crippen molar-refractivity contribution < 1.29 is 4.79 Å². The first kappa shape index (κ1) is 17.3. The van der Waals surface area contributed by atoms with E-state index in [0.29, 0.717) is 6.42 Å². The number of nitrogens with one attached hydrogen (secondary N) is 1. The van der Waals surface area contributed by atoms with Crippen molar-refractivity contribution in [1.82, 2.24) is 15.3 Å². The molecule has 0 aliphatic rings. The third-order valence-electron chi connectivity index (χ3n) is 4.08. The van der Waals surface area contributed by atoms with Gasteiger partial charge in [0.2, 0.25) is 5.91 Å². The van der Waals surface area contributed by atoms with Crippen LogP contribution >= 0.6 is 11.3 Å². The number of carbonyl (C=O) groups is 1. The summed E-state index contributed by atoms with van der Waals surface area (Å²) in [6.07, 6.45) is 3.79. The summed E-state index contributed by atoms with van der Waals surface area (Å²) in [5, 5.41) is 4.14. The molecule has 0 bridgehead atoms. The molecule has 3 aromatic rings. The molecule has 0 radical (unpaired) electrons. The molecule has 2 heterocycles. The molecule has 0 fully saturated rings. The highest BCUT2D eigenvalue weighted by atomic mass is 32.1. The highest BCUT2D eigenvalue weighted by Gasteiger charge is 2.18. The number of thiazole rings is 1. The number of amides is 1. The SMILES string of the molecule is Cc1ccc([C@@H](NC(=O)Cc2nc(C)sc2C)c2ccncc2)cc1. The van der Waals surface area contributed by atoms with Crippen molar-refractivity contribution >= 4 is 17.2 Å². The molecule has 0 aliphatic heterocycles. The lowest BCUT2D eigenvalue weighted by atomic mass is 9.98. The van der Waals surface area contributed by atoms with E-state index in [1.165, 1.54) is 5.56 Å². The average Bonchev–Trinajstić information content (AvgIpc) is 2.91. The predicted molar refractivity (Wildman–Crippen MR) is 101 cm³/mol. The molecule has 1 amide bonds. The van der Waals surface area contributed by atoms with Crippen molar-refractivity contribution in [3.05, 3.63) is 81.1 Å². The molecular weight excluding hydrogens is 330 g/mol. The van der Waals surface area contributed by atoms with E-state index in [0.717, 1.165) is 26.7 Å². The first-order valence-corrected chi connectivity index (χ1v) is 9.03. The van der Waals surface area contributed by atoms with Crippen LogP contribution in [0.2, 0.25) is 0 Å². The Hall–Kier alpha value is -2.53. The number of carbonyl (C=O) groups excluding carboxylic acids is 1. The number of nitrogens with zero attached hydrogens (tertiary/aromatic N) is 2. The normalized spacial score (nSPS) is 12.0. The van der Waals surface area contributed by atoms with Gasteiger partial charge in [0, 0.05) is 17.3 Å². The fourth-order valence-corrected chi connectivity index (χ4v) is 3.61. The van der Waals surface area contributed by atoms with Crippen LogP contribution in [0.25, 0.3) is 0 Å². The first-order valence-electron chi connectivity index (χ1n) is 8.21. The highest BCUT2D eigenvalue weighted by molar-refractivity contribution is 7.11. The van der Waals surface area contributed by atoms with Gasteiger partial charge >= 0.3 is 0 Å². The fraction of sp³-hybridized carbons (Fsp3) is 0.250. The zero-order valence-corrected chi connectivity index (χ0v) is 15.4. The van der Waals surface area contributed by atoms with Crippen molar-refractivity contribution in [2.24, 2.45) is 0 Å². The van der Waals surface area contributed by atoms with Gasteiger partial charge in [-0.3, -0.25) is 9.78 Å². The number of hydrogen-bond acceptors (Lipinski definition) is 4. The molecule has 25 heavy (non-hydrogen) atoms. The summed E-state index contributed by atoms with van der Waals surface area (Å²) in [5.74, 6) is -0.0317. The Morgan fingerprint density at radius 3 is 2.28 bits per heavy atom. The number of benzene rings is 1. The lowest BCUT2D eigenvalue weighted by molar-refractivity contribution is -0.121. The van der Waals surface area contributed by atoms with Crippen LogP contribution in [0, 0.1) is 20.8 Å². The topological polar surface area (TPSA) is 54.9 Å². The molecular formula is C20H21N3OS. The van der Waals surface area contributed by atoms with E-state index in [4.69, 9.17) is 0 Å². The number of aryl methyl sites for hydroxylation is 3. The zero-order chi connectivity index (χ0) is 17.8. The van der Waals surface area contributed by atoms with Gasteiger partial charge in [-0.2, -0.15) is 0 Å². The summed E-state index contributed by atoms with van der Waals surface area (Å²) in [7, 11) is 0. The van der Waals surface area contributed by atoms with Crippen LogP contribution < -0.4 is 5.32 Å². The minimum absolute atomic E-state index is 0.0317. The summed E-state index contributed by atoms with van der Waals surface area (Å²) in [4.78, 5) is 22.3. The second-order valence-electron chi connectivity index (χ2n) is 6.10. The van der Waals surface area contributed by atoms with E-state index in [9.17, 15) is 4.79 Å². The number of rotatable bonds is 5. The van der Waals surface area contributed by atoms with E-state index in [1.807, 2.05) is 26.0 Å². The largest absolute Gasteiger partial charge is 0.345 e. The van der Waals surface area contributed by atoms with Crippen LogP contribution in [0.3, 0.4) is 0 Å². The van der Waals surface area contributed by atoms with Gasteiger partial charge in [-0.1, -0.05) is 29.8 Å².